The molecule has 0 amide bonds. The summed E-state index contributed by atoms with van der Waals surface area (Å²) in [6.07, 6.45) is 5.18. The topological polar surface area (TPSA) is 75.1 Å². The van der Waals surface area contributed by atoms with E-state index >= 15 is 0 Å². The van der Waals surface area contributed by atoms with Gasteiger partial charge in [-0.05, 0) is 12.8 Å². The van der Waals surface area contributed by atoms with Crippen LogP contribution in [0.15, 0.2) is 15.8 Å². The van der Waals surface area contributed by atoms with Gasteiger partial charge in [-0.15, -0.1) is 0 Å². The van der Waals surface area contributed by atoms with Gasteiger partial charge in [0.05, 0.1) is 0 Å². The van der Waals surface area contributed by atoms with E-state index in [0.29, 0.717) is 0 Å². The lowest BCUT2D eigenvalue weighted by molar-refractivity contribution is 0.135. The molecule has 0 aromatic carbocycles. The molecule has 2 N–H and O–H groups in total. The van der Waals surface area contributed by atoms with Crippen LogP contribution in [-0.2, 0) is 0 Å². The summed E-state index contributed by atoms with van der Waals surface area (Å²) < 4.78 is 1.45. The minimum Gasteiger partial charge on any atom is -0.396 e. The average molecular weight is 259 g/mol. The molecule has 1 aliphatic carbocycles. The Morgan fingerprint density at radius 1 is 1.41 bits per heavy atom. The standard InChI is InChI=1S/C11H15ClN2O3/c12-8-5-14(11(17)13-10(8)16)9-4-2-1-3-7(9)6-15/h5,7,9,15H,1-4,6H2,(H,13,16,17)/t7-,9-/m1/s1. The van der Waals surface area contributed by atoms with Crippen molar-refractivity contribution in [2.45, 2.75) is 31.7 Å². The third-order valence-corrected chi connectivity index (χ3v) is 3.65. The van der Waals surface area contributed by atoms with E-state index < -0.39 is 11.2 Å². The van der Waals surface area contributed by atoms with Crippen molar-refractivity contribution < 1.29 is 5.11 Å². The Bertz CT molecular complexity index is 508. The minimum atomic E-state index is -0.565. The number of nitrogens with one attached hydrogen (secondary N) is 1. The van der Waals surface area contributed by atoms with Gasteiger partial charge < -0.3 is 5.11 Å². The molecule has 2 rings (SSSR count). The molecule has 6 heteroatoms. The van der Waals surface area contributed by atoms with E-state index in [9.17, 15) is 14.7 Å². The smallest absolute Gasteiger partial charge is 0.328 e. The molecule has 1 aromatic rings. The maximum absolute atomic E-state index is 11.7. The van der Waals surface area contributed by atoms with E-state index in [-0.39, 0.29) is 23.6 Å². The zero-order valence-corrected chi connectivity index (χ0v) is 10.1. The Morgan fingerprint density at radius 3 is 2.82 bits per heavy atom. The maximum atomic E-state index is 11.7. The number of nitrogens with zero attached hydrogens (tertiary/aromatic N) is 1. The second-order valence-corrected chi connectivity index (χ2v) is 4.85. The predicted octanol–water partition coefficient (Wildman–Crippen LogP) is 0.914. The van der Waals surface area contributed by atoms with Gasteiger partial charge in [0.25, 0.3) is 5.56 Å². The van der Waals surface area contributed by atoms with Crippen molar-refractivity contribution >= 4 is 11.6 Å². The van der Waals surface area contributed by atoms with Crippen LogP contribution in [0.25, 0.3) is 0 Å². The Kier molecular flexibility index (Phi) is 3.69. The van der Waals surface area contributed by atoms with Gasteiger partial charge in [0.2, 0.25) is 0 Å². The molecule has 1 fully saturated rings. The van der Waals surface area contributed by atoms with E-state index in [1.54, 1.807) is 0 Å². The van der Waals surface area contributed by atoms with Crippen LogP contribution in [0.2, 0.25) is 5.02 Å². The average Bonchev–Trinajstić information content (AvgIpc) is 2.34. The van der Waals surface area contributed by atoms with Gasteiger partial charge in [0.1, 0.15) is 5.02 Å². The molecule has 0 unspecified atom stereocenters. The highest BCUT2D eigenvalue weighted by Gasteiger charge is 2.27. The summed E-state index contributed by atoms with van der Waals surface area (Å²) >= 11 is 5.73. The number of aromatic nitrogens is 2. The Morgan fingerprint density at radius 2 is 2.12 bits per heavy atom. The second-order valence-electron chi connectivity index (χ2n) is 4.44. The van der Waals surface area contributed by atoms with E-state index in [4.69, 9.17) is 11.6 Å². The number of rotatable bonds is 2. The fourth-order valence-corrected chi connectivity index (χ4v) is 2.63. The normalized spacial score (nSPS) is 24.8. The monoisotopic (exact) mass is 258 g/mol. The van der Waals surface area contributed by atoms with Gasteiger partial charge >= 0.3 is 5.69 Å². The Balaban J connectivity index is 2.41. The molecule has 0 aliphatic heterocycles. The first-order chi connectivity index (χ1) is 8.13. The van der Waals surface area contributed by atoms with E-state index in [1.807, 2.05) is 0 Å². The molecule has 1 saturated carbocycles. The molecule has 2 atom stereocenters. The quantitative estimate of drug-likeness (QED) is 0.828. The zero-order chi connectivity index (χ0) is 12.4. The highest BCUT2D eigenvalue weighted by atomic mass is 35.5. The summed E-state index contributed by atoms with van der Waals surface area (Å²) in [5, 5.41) is 9.32. The first kappa shape index (κ1) is 12.4. The lowest BCUT2D eigenvalue weighted by Crippen LogP contribution is -2.37. The third kappa shape index (κ3) is 2.45. The molecule has 0 saturated heterocycles. The van der Waals surface area contributed by atoms with Crippen molar-refractivity contribution in [3.05, 3.63) is 32.1 Å². The SMILES string of the molecule is O=c1[nH]c(=O)n([C@@H]2CCCC[C@@H]2CO)cc1Cl. The van der Waals surface area contributed by atoms with E-state index in [1.165, 1.54) is 10.8 Å². The van der Waals surface area contributed by atoms with Gasteiger partial charge in [-0.25, -0.2) is 4.79 Å². The van der Waals surface area contributed by atoms with Crippen LogP contribution in [-0.4, -0.2) is 21.3 Å². The summed E-state index contributed by atoms with van der Waals surface area (Å²) in [6, 6.07) is -0.0735. The van der Waals surface area contributed by atoms with Crippen molar-refractivity contribution in [1.29, 1.82) is 0 Å². The van der Waals surface area contributed by atoms with E-state index in [0.717, 1.165) is 25.7 Å². The van der Waals surface area contributed by atoms with Crippen LogP contribution >= 0.6 is 11.6 Å². The molecule has 0 bridgehead atoms. The first-order valence-corrected chi connectivity index (χ1v) is 6.13. The third-order valence-electron chi connectivity index (χ3n) is 3.39. The zero-order valence-electron chi connectivity index (χ0n) is 9.36. The van der Waals surface area contributed by atoms with Crippen LogP contribution < -0.4 is 11.2 Å². The van der Waals surface area contributed by atoms with Crippen LogP contribution in [0.3, 0.4) is 0 Å². The maximum Gasteiger partial charge on any atom is 0.328 e. The predicted molar refractivity (Wildman–Crippen MR) is 64.4 cm³/mol. The highest BCUT2D eigenvalue weighted by Crippen LogP contribution is 2.32. The highest BCUT2D eigenvalue weighted by molar-refractivity contribution is 6.30. The first-order valence-electron chi connectivity index (χ1n) is 5.75. The van der Waals surface area contributed by atoms with Crippen LogP contribution in [0.1, 0.15) is 31.7 Å². The van der Waals surface area contributed by atoms with Crippen molar-refractivity contribution in [3.63, 3.8) is 0 Å². The molecule has 1 aromatic heterocycles. The summed E-state index contributed by atoms with van der Waals surface area (Å²) in [6.45, 7) is 0.0495. The fraction of sp³-hybridized carbons (Fsp3) is 0.636. The van der Waals surface area contributed by atoms with Crippen LogP contribution in [0.4, 0.5) is 0 Å². The lowest BCUT2D eigenvalue weighted by atomic mass is 9.85. The van der Waals surface area contributed by atoms with Gasteiger partial charge in [0, 0.05) is 24.8 Å². The van der Waals surface area contributed by atoms with Gasteiger partial charge in [-0.1, -0.05) is 24.4 Å². The Hall–Kier alpha value is -1.07. The molecule has 5 nitrogen and oxygen atoms in total. The summed E-state index contributed by atoms with van der Waals surface area (Å²) in [4.78, 5) is 25.1. The number of aliphatic hydroxyl groups is 1. The summed E-state index contributed by atoms with van der Waals surface area (Å²) in [5.41, 5.74) is -1.02. The molecule has 0 radical (unpaired) electrons. The summed E-state index contributed by atoms with van der Waals surface area (Å²) in [5.74, 6) is 0.0587. The van der Waals surface area contributed by atoms with E-state index in [2.05, 4.69) is 4.98 Å². The number of halogens is 1. The number of hydrogen-bond donors (Lipinski definition) is 2. The molecular weight excluding hydrogens is 244 g/mol. The van der Waals surface area contributed by atoms with Gasteiger partial charge in [-0.3, -0.25) is 14.3 Å². The molecule has 94 valence electrons. The Labute approximate surface area is 103 Å². The molecule has 0 spiro atoms. The van der Waals surface area contributed by atoms with Crippen molar-refractivity contribution in [3.8, 4) is 0 Å². The summed E-state index contributed by atoms with van der Waals surface area (Å²) in [7, 11) is 0. The number of aromatic amines is 1. The number of aliphatic hydroxyl groups excluding tert-OH is 1. The molecule has 1 aliphatic rings. The van der Waals surface area contributed by atoms with Crippen molar-refractivity contribution in [2.75, 3.05) is 6.61 Å². The molecular formula is C11H15ClN2O3. The lowest BCUT2D eigenvalue weighted by Gasteiger charge is -2.31. The van der Waals surface area contributed by atoms with Gasteiger partial charge in [-0.2, -0.15) is 0 Å². The van der Waals surface area contributed by atoms with Crippen LogP contribution in [0.5, 0.6) is 0 Å². The van der Waals surface area contributed by atoms with Crippen molar-refractivity contribution in [1.82, 2.24) is 9.55 Å². The van der Waals surface area contributed by atoms with Crippen molar-refractivity contribution in [2.24, 2.45) is 5.92 Å². The number of H-pyrrole nitrogens is 1. The minimum absolute atomic E-state index is 0.00635. The molecule has 1 heterocycles. The number of hydrogen-bond acceptors (Lipinski definition) is 3. The molecule has 17 heavy (non-hydrogen) atoms. The van der Waals surface area contributed by atoms with Crippen LogP contribution in [0, 0.1) is 5.92 Å². The largest absolute Gasteiger partial charge is 0.396 e. The van der Waals surface area contributed by atoms with Gasteiger partial charge in [0.15, 0.2) is 0 Å². The fourth-order valence-electron chi connectivity index (χ4n) is 2.47. The second kappa shape index (κ2) is 5.06.